The standard InChI is InChI=1S/C20H20N4O5/c1-20(27)16(26)14(10-25)29-19(20)24-9-13(8-7-12-5-3-2-4-6-12)15-17(23-28)21-11-22-18(15)24/h2-6,9,11,14,16,19,25-28H,10H2,1H3,(H,21,22,23). The summed E-state index contributed by atoms with van der Waals surface area (Å²) < 4.78 is 7.22. The Hall–Kier alpha value is -3.00. The van der Waals surface area contributed by atoms with Crippen LogP contribution < -0.4 is 5.48 Å². The van der Waals surface area contributed by atoms with Gasteiger partial charge in [0.25, 0.3) is 0 Å². The van der Waals surface area contributed by atoms with Crippen molar-refractivity contribution in [2.24, 2.45) is 0 Å². The van der Waals surface area contributed by atoms with Gasteiger partial charge in [0, 0.05) is 11.8 Å². The molecular formula is C20H20N4O5. The van der Waals surface area contributed by atoms with E-state index >= 15 is 0 Å². The summed E-state index contributed by atoms with van der Waals surface area (Å²) >= 11 is 0. The van der Waals surface area contributed by atoms with Gasteiger partial charge >= 0.3 is 0 Å². The molecule has 4 unspecified atom stereocenters. The molecule has 3 aromatic rings. The van der Waals surface area contributed by atoms with Gasteiger partial charge in [0.05, 0.1) is 17.6 Å². The minimum absolute atomic E-state index is 0.142. The quantitative estimate of drug-likeness (QED) is 0.322. The molecule has 9 heteroatoms. The van der Waals surface area contributed by atoms with E-state index in [1.807, 2.05) is 35.8 Å². The minimum atomic E-state index is -1.69. The highest BCUT2D eigenvalue weighted by Crippen LogP contribution is 2.40. The number of ether oxygens (including phenoxy) is 1. The lowest BCUT2D eigenvalue weighted by atomic mass is 9.96. The van der Waals surface area contributed by atoms with E-state index in [0.29, 0.717) is 16.6 Å². The largest absolute Gasteiger partial charge is 0.394 e. The Bertz CT molecular complexity index is 1090. The maximum atomic E-state index is 10.8. The number of hydrogen-bond acceptors (Lipinski definition) is 8. The number of nitrogens with zero attached hydrogens (tertiary/aromatic N) is 3. The van der Waals surface area contributed by atoms with E-state index in [1.165, 1.54) is 17.8 Å². The summed E-state index contributed by atoms with van der Waals surface area (Å²) in [4.78, 5) is 8.27. The van der Waals surface area contributed by atoms with Gasteiger partial charge in [-0.3, -0.25) is 10.7 Å². The van der Waals surface area contributed by atoms with Gasteiger partial charge in [0.2, 0.25) is 0 Å². The first kappa shape index (κ1) is 19.3. The fourth-order valence-corrected chi connectivity index (χ4v) is 3.49. The molecule has 0 spiro atoms. The van der Waals surface area contributed by atoms with Gasteiger partial charge < -0.3 is 24.6 Å². The average Bonchev–Trinajstić information content (AvgIpc) is 3.21. The first-order valence-electron chi connectivity index (χ1n) is 8.96. The molecule has 3 heterocycles. The van der Waals surface area contributed by atoms with Crippen LogP contribution in [0.5, 0.6) is 0 Å². The van der Waals surface area contributed by atoms with Crippen LogP contribution >= 0.6 is 0 Å². The molecule has 0 radical (unpaired) electrons. The Morgan fingerprint density at radius 2 is 2.00 bits per heavy atom. The summed E-state index contributed by atoms with van der Waals surface area (Å²) in [6.45, 7) is 0.970. The molecule has 1 aliphatic rings. The van der Waals surface area contributed by atoms with Gasteiger partial charge in [-0.1, -0.05) is 30.0 Å². The van der Waals surface area contributed by atoms with E-state index in [-0.39, 0.29) is 5.82 Å². The number of aliphatic hydroxyl groups is 3. The van der Waals surface area contributed by atoms with Crippen LogP contribution in [0.15, 0.2) is 42.9 Å². The molecule has 9 nitrogen and oxygen atoms in total. The summed E-state index contributed by atoms with van der Waals surface area (Å²) in [5.41, 5.74) is 1.97. The topological polar surface area (TPSA) is 133 Å². The van der Waals surface area contributed by atoms with Crippen molar-refractivity contribution in [3.63, 3.8) is 0 Å². The van der Waals surface area contributed by atoms with Crippen molar-refractivity contribution in [2.75, 3.05) is 12.1 Å². The van der Waals surface area contributed by atoms with Crippen LogP contribution in [0, 0.1) is 11.8 Å². The molecule has 4 rings (SSSR count). The number of fused-ring (bicyclic) bond motifs is 1. The number of anilines is 1. The molecule has 1 saturated heterocycles. The molecule has 2 aromatic heterocycles. The third-order valence-corrected chi connectivity index (χ3v) is 5.02. The summed E-state index contributed by atoms with van der Waals surface area (Å²) in [7, 11) is 0. The normalized spacial score (nSPS) is 26.3. The lowest BCUT2D eigenvalue weighted by molar-refractivity contribution is -0.0948. The molecular weight excluding hydrogens is 376 g/mol. The third kappa shape index (κ3) is 3.23. The molecule has 29 heavy (non-hydrogen) atoms. The lowest BCUT2D eigenvalue weighted by Gasteiger charge is -2.27. The average molecular weight is 396 g/mol. The van der Waals surface area contributed by atoms with E-state index in [9.17, 15) is 20.5 Å². The van der Waals surface area contributed by atoms with E-state index < -0.39 is 30.6 Å². The van der Waals surface area contributed by atoms with Gasteiger partial charge in [-0.25, -0.2) is 9.97 Å². The van der Waals surface area contributed by atoms with Crippen LogP contribution in [0.3, 0.4) is 0 Å². The highest BCUT2D eigenvalue weighted by molar-refractivity contribution is 5.93. The molecule has 1 fully saturated rings. The second-order valence-corrected chi connectivity index (χ2v) is 6.98. The van der Waals surface area contributed by atoms with E-state index in [4.69, 9.17) is 4.74 Å². The molecule has 0 saturated carbocycles. The summed E-state index contributed by atoms with van der Waals surface area (Å²) in [5, 5.41) is 40.5. The van der Waals surface area contributed by atoms with E-state index in [2.05, 4.69) is 21.8 Å². The van der Waals surface area contributed by atoms with Crippen LogP contribution in [-0.2, 0) is 4.74 Å². The van der Waals surface area contributed by atoms with Crippen LogP contribution in [0.1, 0.15) is 24.3 Å². The lowest BCUT2D eigenvalue weighted by Crippen LogP contribution is -2.44. The zero-order chi connectivity index (χ0) is 20.6. The number of hydrogen-bond donors (Lipinski definition) is 5. The van der Waals surface area contributed by atoms with Gasteiger partial charge in [-0.2, -0.15) is 0 Å². The Kier molecular flexibility index (Phi) is 4.96. The fourth-order valence-electron chi connectivity index (χ4n) is 3.49. The highest BCUT2D eigenvalue weighted by atomic mass is 16.6. The monoisotopic (exact) mass is 396 g/mol. The predicted molar refractivity (Wildman–Crippen MR) is 103 cm³/mol. The molecule has 0 amide bonds. The third-order valence-electron chi connectivity index (χ3n) is 5.02. The summed E-state index contributed by atoms with van der Waals surface area (Å²) in [6.07, 6.45) is -0.433. The molecule has 0 bridgehead atoms. The van der Waals surface area contributed by atoms with Crippen molar-refractivity contribution in [1.82, 2.24) is 14.5 Å². The molecule has 5 N–H and O–H groups in total. The number of benzene rings is 1. The number of aliphatic hydroxyl groups excluding tert-OH is 2. The second-order valence-electron chi connectivity index (χ2n) is 6.98. The van der Waals surface area contributed by atoms with Gasteiger partial charge in [-0.05, 0) is 19.1 Å². The maximum absolute atomic E-state index is 10.8. The van der Waals surface area contributed by atoms with Crippen molar-refractivity contribution in [3.05, 3.63) is 54.0 Å². The smallest absolute Gasteiger partial charge is 0.167 e. The van der Waals surface area contributed by atoms with E-state index in [0.717, 1.165) is 5.56 Å². The van der Waals surface area contributed by atoms with Crippen LogP contribution in [0.2, 0.25) is 0 Å². The molecule has 4 atom stereocenters. The van der Waals surface area contributed by atoms with Gasteiger partial charge in [0.15, 0.2) is 12.0 Å². The second kappa shape index (κ2) is 7.44. The van der Waals surface area contributed by atoms with Crippen LogP contribution in [0.4, 0.5) is 5.82 Å². The molecule has 1 aromatic carbocycles. The molecule has 150 valence electrons. The first-order chi connectivity index (χ1) is 14.0. The van der Waals surface area contributed by atoms with Crippen LogP contribution in [0.25, 0.3) is 11.0 Å². The summed E-state index contributed by atoms with van der Waals surface area (Å²) in [5.74, 6) is 6.21. The molecule has 0 aliphatic carbocycles. The highest BCUT2D eigenvalue weighted by Gasteiger charge is 2.53. The minimum Gasteiger partial charge on any atom is -0.394 e. The molecule has 1 aliphatic heterocycles. The Balaban J connectivity index is 1.88. The van der Waals surface area contributed by atoms with Gasteiger partial charge in [0.1, 0.15) is 29.8 Å². The van der Waals surface area contributed by atoms with Crippen molar-refractivity contribution in [3.8, 4) is 11.8 Å². The predicted octanol–water partition coefficient (Wildman–Crippen LogP) is 0.634. The van der Waals surface area contributed by atoms with E-state index in [1.54, 1.807) is 6.20 Å². The Morgan fingerprint density at radius 1 is 1.24 bits per heavy atom. The number of aromatic nitrogens is 3. The number of rotatable bonds is 3. The SMILES string of the molecule is CC1(O)C(O)C(CO)OC1n1cc(C#Cc2ccccc2)c2c(NO)ncnc21. The van der Waals surface area contributed by atoms with Crippen molar-refractivity contribution in [2.45, 2.75) is 31.0 Å². The zero-order valence-corrected chi connectivity index (χ0v) is 15.5. The van der Waals surface area contributed by atoms with Crippen molar-refractivity contribution >= 4 is 16.9 Å². The Morgan fingerprint density at radius 3 is 2.66 bits per heavy atom. The van der Waals surface area contributed by atoms with Crippen LogP contribution in [-0.4, -0.2) is 59.5 Å². The van der Waals surface area contributed by atoms with Gasteiger partial charge in [-0.15, -0.1) is 0 Å². The number of nitrogens with one attached hydrogen (secondary N) is 1. The maximum Gasteiger partial charge on any atom is 0.167 e. The fraction of sp³-hybridized carbons (Fsp3) is 0.300. The van der Waals surface area contributed by atoms with Crippen molar-refractivity contribution < 1.29 is 25.3 Å². The summed E-state index contributed by atoms with van der Waals surface area (Å²) in [6, 6.07) is 9.36. The zero-order valence-electron chi connectivity index (χ0n) is 15.5. The van der Waals surface area contributed by atoms with Crippen molar-refractivity contribution in [1.29, 1.82) is 0 Å². The Labute approximate surface area is 166 Å². The first-order valence-corrected chi connectivity index (χ1v) is 8.96.